The van der Waals surface area contributed by atoms with Crippen LogP contribution in [0.3, 0.4) is 0 Å². The molecule has 4 nitrogen and oxygen atoms in total. The van der Waals surface area contributed by atoms with Crippen LogP contribution in [0.25, 0.3) is 0 Å². The summed E-state index contributed by atoms with van der Waals surface area (Å²) in [6.45, 7) is 0.0736. The molecule has 0 saturated heterocycles. The number of methoxy groups -OCH3 is 1. The smallest absolute Gasteiger partial charge is 0.243 e. The Labute approximate surface area is 130 Å². The molecule has 2 N–H and O–H groups in total. The maximum atomic E-state index is 12.8. The van der Waals surface area contributed by atoms with Crippen molar-refractivity contribution < 1.29 is 13.9 Å². The number of rotatable bonds is 5. The molecule has 0 radical (unpaired) electrons. The minimum absolute atomic E-state index is 0.0736. The van der Waals surface area contributed by atoms with Gasteiger partial charge in [0.15, 0.2) is 0 Å². The molecule has 2 aromatic carbocycles. The lowest BCUT2D eigenvalue weighted by atomic mass is 10.3. The summed E-state index contributed by atoms with van der Waals surface area (Å²) in [5.74, 6) is 0.0708. The van der Waals surface area contributed by atoms with Crippen LogP contribution in [0.5, 0.6) is 5.75 Å². The molecule has 21 heavy (non-hydrogen) atoms. The van der Waals surface area contributed by atoms with Crippen LogP contribution in [0.4, 0.5) is 15.8 Å². The zero-order valence-corrected chi connectivity index (χ0v) is 12.9. The van der Waals surface area contributed by atoms with Crippen molar-refractivity contribution in [1.82, 2.24) is 0 Å². The summed E-state index contributed by atoms with van der Waals surface area (Å²) < 4.78 is 18.9. The van der Waals surface area contributed by atoms with Crippen LogP contribution in [-0.4, -0.2) is 19.6 Å². The van der Waals surface area contributed by atoms with Crippen LogP contribution in [-0.2, 0) is 4.79 Å². The molecule has 0 bridgehead atoms. The molecule has 110 valence electrons. The van der Waals surface area contributed by atoms with E-state index in [0.29, 0.717) is 17.1 Å². The topological polar surface area (TPSA) is 50.4 Å². The van der Waals surface area contributed by atoms with E-state index in [4.69, 9.17) is 4.74 Å². The third-order valence-corrected chi connectivity index (χ3v) is 3.22. The number of amides is 1. The maximum absolute atomic E-state index is 12.8. The summed E-state index contributed by atoms with van der Waals surface area (Å²) in [7, 11) is 1.56. The molecule has 0 heterocycles. The standard InChI is InChI=1S/C15H14BrFN2O2/c1-21-14-7-2-10(16)8-13(14)18-9-15(20)19-12-5-3-11(17)4-6-12/h2-8,18H,9H2,1H3,(H,19,20). The van der Waals surface area contributed by atoms with E-state index in [1.165, 1.54) is 24.3 Å². The molecule has 0 unspecified atom stereocenters. The number of ether oxygens (including phenoxy) is 1. The molecule has 0 fully saturated rings. The van der Waals surface area contributed by atoms with Crippen LogP contribution in [0.15, 0.2) is 46.9 Å². The lowest BCUT2D eigenvalue weighted by Crippen LogP contribution is -2.21. The molecule has 6 heteroatoms. The maximum Gasteiger partial charge on any atom is 0.243 e. The molecular formula is C15H14BrFN2O2. The number of carbonyl (C=O) groups excluding carboxylic acids is 1. The Morgan fingerprint density at radius 2 is 1.95 bits per heavy atom. The molecule has 0 atom stereocenters. The first-order chi connectivity index (χ1) is 10.1. The summed E-state index contributed by atoms with van der Waals surface area (Å²) >= 11 is 3.36. The van der Waals surface area contributed by atoms with Crippen LogP contribution in [0, 0.1) is 5.82 Å². The number of halogens is 2. The predicted octanol–water partition coefficient (Wildman–Crippen LogP) is 3.65. The van der Waals surface area contributed by atoms with Gasteiger partial charge in [-0.25, -0.2) is 4.39 Å². The highest BCUT2D eigenvalue weighted by molar-refractivity contribution is 9.10. The summed E-state index contributed by atoms with van der Waals surface area (Å²) in [6, 6.07) is 11.1. The number of carbonyl (C=O) groups is 1. The van der Waals surface area contributed by atoms with Gasteiger partial charge in [-0.15, -0.1) is 0 Å². The van der Waals surface area contributed by atoms with Gasteiger partial charge < -0.3 is 15.4 Å². The molecule has 1 amide bonds. The first-order valence-electron chi connectivity index (χ1n) is 6.21. The second kappa shape index (κ2) is 7.08. The second-order valence-electron chi connectivity index (χ2n) is 4.25. The van der Waals surface area contributed by atoms with E-state index in [9.17, 15) is 9.18 Å². The minimum Gasteiger partial charge on any atom is -0.495 e. The molecule has 0 aromatic heterocycles. The van der Waals surface area contributed by atoms with Crippen molar-refractivity contribution in [1.29, 1.82) is 0 Å². The molecular weight excluding hydrogens is 339 g/mol. The Kier molecular flexibility index (Phi) is 5.16. The molecule has 0 aliphatic carbocycles. The monoisotopic (exact) mass is 352 g/mol. The van der Waals surface area contributed by atoms with Gasteiger partial charge in [-0.1, -0.05) is 15.9 Å². The zero-order valence-electron chi connectivity index (χ0n) is 11.3. The average molecular weight is 353 g/mol. The minimum atomic E-state index is -0.343. The molecule has 2 aromatic rings. The van der Waals surface area contributed by atoms with Crippen molar-refractivity contribution >= 4 is 33.2 Å². The highest BCUT2D eigenvalue weighted by Gasteiger charge is 2.06. The molecule has 0 aliphatic rings. The number of hydrogen-bond donors (Lipinski definition) is 2. The fourth-order valence-electron chi connectivity index (χ4n) is 1.73. The Balaban J connectivity index is 1.95. The normalized spacial score (nSPS) is 10.0. The van der Waals surface area contributed by atoms with Crippen LogP contribution in [0.1, 0.15) is 0 Å². The van der Waals surface area contributed by atoms with Gasteiger partial charge in [0.05, 0.1) is 19.3 Å². The quantitative estimate of drug-likeness (QED) is 0.863. The third-order valence-electron chi connectivity index (χ3n) is 2.73. The van der Waals surface area contributed by atoms with E-state index in [1.54, 1.807) is 13.2 Å². The zero-order chi connectivity index (χ0) is 15.2. The van der Waals surface area contributed by atoms with Crippen molar-refractivity contribution in [2.75, 3.05) is 24.3 Å². The summed E-state index contributed by atoms with van der Waals surface area (Å²) in [6.07, 6.45) is 0. The Morgan fingerprint density at radius 3 is 2.62 bits per heavy atom. The van der Waals surface area contributed by atoms with Crippen LogP contribution >= 0.6 is 15.9 Å². The molecule has 2 rings (SSSR count). The van der Waals surface area contributed by atoms with Gasteiger partial charge in [-0.2, -0.15) is 0 Å². The molecule has 0 saturated carbocycles. The summed E-state index contributed by atoms with van der Waals surface area (Å²) in [5.41, 5.74) is 1.26. The second-order valence-corrected chi connectivity index (χ2v) is 5.17. The summed E-state index contributed by atoms with van der Waals surface area (Å²) in [4.78, 5) is 11.8. The van der Waals surface area contributed by atoms with Gasteiger partial charge >= 0.3 is 0 Å². The van der Waals surface area contributed by atoms with E-state index < -0.39 is 0 Å². The van der Waals surface area contributed by atoms with E-state index in [0.717, 1.165) is 4.47 Å². The van der Waals surface area contributed by atoms with Crippen molar-refractivity contribution in [2.24, 2.45) is 0 Å². The number of nitrogens with one attached hydrogen (secondary N) is 2. The van der Waals surface area contributed by atoms with E-state index in [2.05, 4.69) is 26.6 Å². The Morgan fingerprint density at radius 1 is 1.24 bits per heavy atom. The molecule has 0 aliphatic heterocycles. The fraction of sp³-hybridized carbons (Fsp3) is 0.133. The van der Waals surface area contributed by atoms with Gasteiger partial charge in [0, 0.05) is 10.2 Å². The third kappa shape index (κ3) is 4.46. The Bertz CT molecular complexity index is 632. The highest BCUT2D eigenvalue weighted by atomic mass is 79.9. The van der Waals surface area contributed by atoms with Gasteiger partial charge in [0.1, 0.15) is 11.6 Å². The van der Waals surface area contributed by atoms with Crippen molar-refractivity contribution in [2.45, 2.75) is 0 Å². The lowest BCUT2D eigenvalue weighted by molar-refractivity contribution is -0.114. The summed E-state index contributed by atoms with van der Waals surface area (Å²) in [5, 5.41) is 5.67. The molecule has 0 spiro atoms. The number of benzene rings is 2. The fourth-order valence-corrected chi connectivity index (χ4v) is 2.09. The van der Waals surface area contributed by atoms with Gasteiger partial charge in [0.25, 0.3) is 0 Å². The predicted molar refractivity (Wildman–Crippen MR) is 84.2 cm³/mol. The average Bonchev–Trinajstić information content (AvgIpc) is 2.48. The van der Waals surface area contributed by atoms with Gasteiger partial charge in [0.2, 0.25) is 5.91 Å². The van der Waals surface area contributed by atoms with Crippen molar-refractivity contribution in [3.05, 3.63) is 52.8 Å². The van der Waals surface area contributed by atoms with Crippen molar-refractivity contribution in [3.8, 4) is 5.75 Å². The van der Waals surface area contributed by atoms with Crippen molar-refractivity contribution in [3.63, 3.8) is 0 Å². The van der Waals surface area contributed by atoms with Crippen LogP contribution in [0.2, 0.25) is 0 Å². The van der Waals surface area contributed by atoms with Gasteiger partial charge in [-0.05, 0) is 42.5 Å². The number of hydrogen-bond acceptors (Lipinski definition) is 3. The largest absolute Gasteiger partial charge is 0.495 e. The lowest BCUT2D eigenvalue weighted by Gasteiger charge is -2.11. The SMILES string of the molecule is COc1ccc(Br)cc1NCC(=O)Nc1ccc(F)cc1. The highest BCUT2D eigenvalue weighted by Crippen LogP contribution is 2.27. The van der Waals surface area contributed by atoms with Crippen LogP contribution < -0.4 is 15.4 Å². The number of anilines is 2. The van der Waals surface area contributed by atoms with Gasteiger partial charge in [-0.3, -0.25) is 4.79 Å². The first kappa shape index (κ1) is 15.3. The van der Waals surface area contributed by atoms with E-state index in [1.807, 2.05) is 12.1 Å². The van der Waals surface area contributed by atoms with E-state index >= 15 is 0 Å². The van der Waals surface area contributed by atoms with E-state index in [-0.39, 0.29) is 18.3 Å². The first-order valence-corrected chi connectivity index (χ1v) is 7.00. The Hall–Kier alpha value is -2.08.